The molecule has 1 aliphatic rings. The zero-order valence-corrected chi connectivity index (χ0v) is 11.8. The fourth-order valence-corrected chi connectivity index (χ4v) is 2.21. The molecule has 110 valence electrons. The first-order chi connectivity index (χ1) is 9.36. The van der Waals surface area contributed by atoms with Gasteiger partial charge in [-0.25, -0.2) is 0 Å². The van der Waals surface area contributed by atoms with Gasteiger partial charge >= 0.3 is 6.18 Å². The number of nitrogens with two attached hydrogens (primary N) is 1. The average molecular weight is 302 g/mol. The highest BCUT2D eigenvalue weighted by molar-refractivity contribution is 7.80. The minimum absolute atomic E-state index is 0.475. The quantitative estimate of drug-likeness (QED) is 0.817. The van der Waals surface area contributed by atoms with E-state index in [1.54, 1.807) is 12.1 Å². The topological polar surface area (TPSA) is 29.3 Å². The van der Waals surface area contributed by atoms with E-state index in [0.717, 1.165) is 37.1 Å². The molecule has 1 aliphatic carbocycles. The molecule has 2 nitrogen and oxygen atoms in total. The van der Waals surface area contributed by atoms with Crippen LogP contribution in [-0.4, -0.2) is 22.5 Å². The lowest BCUT2D eigenvalue weighted by atomic mass is 10.1. The van der Waals surface area contributed by atoms with Gasteiger partial charge in [0, 0.05) is 25.6 Å². The lowest BCUT2D eigenvalue weighted by molar-refractivity contribution is -0.137. The van der Waals surface area contributed by atoms with Gasteiger partial charge in [-0.3, -0.25) is 4.90 Å². The van der Waals surface area contributed by atoms with Gasteiger partial charge in [0.15, 0.2) is 0 Å². The molecule has 0 bridgehead atoms. The zero-order valence-electron chi connectivity index (χ0n) is 11.0. The van der Waals surface area contributed by atoms with E-state index >= 15 is 0 Å². The van der Waals surface area contributed by atoms with Crippen LogP contribution in [0.5, 0.6) is 0 Å². The molecule has 1 aromatic carbocycles. The van der Waals surface area contributed by atoms with Crippen molar-refractivity contribution in [3.05, 3.63) is 35.4 Å². The van der Waals surface area contributed by atoms with E-state index in [0.29, 0.717) is 24.0 Å². The summed E-state index contributed by atoms with van der Waals surface area (Å²) in [6.07, 6.45) is -1.36. The van der Waals surface area contributed by atoms with Gasteiger partial charge in [-0.15, -0.1) is 0 Å². The molecule has 0 aliphatic heterocycles. The van der Waals surface area contributed by atoms with E-state index in [1.807, 2.05) is 0 Å². The summed E-state index contributed by atoms with van der Waals surface area (Å²) in [6, 6.07) is 5.87. The van der Waals surface area contributed by atoms with Gasteiger partial charge in [0.1, 0.15) is 0 Å². The number of rotatable bonds is 6. The summed E-state index contributed by atoms with van der Waals surface area (Å²) in [5.74, 6) is 0. The van der Waals surface area contributed by atoms with Crippen LogP contribution >= 0.6 is 12.2 Å². The molecule has 2 N–H and O–H groups in total. The molecule has 1 aromatic rings. The Balaban J connectivity index is 1.98. The number of thiocarbonyl (C=S) groups is 1. The van der Waals surface area contributed by atoms with Gasteiger partial charge in [-0.05, 0) is 30.5 Å². The predicted octanol–water partition coefficient (Wildman–Crippen LogP) is 3.35. The van der Waals surface area contributed by atoms with E-state index in [9.17, 15) is 13.2 Å². The van der Waals surface area contributed by atoms with Crippen LogP contribution < -0.4 is 5.73 Å². The third-order valence-electron chi connectivity index (χ3n) is 3.38. The maximum Gasteiger partial charge on any atom is 0.416 e. The second-order valence-corrected chi connectivity index (χ2v) is 5.64. The SMILES string of the molecule is NC(=S)CCN(Cc1ccc(C(F)(F)F)cc1)C1CC1. The molecule has 1 fully saturated rings. The van der Waals surface area contributed by atoms with Crippen LogP contribution in [0.4, 0.5) is 13.2 Å². The molecule has 0 unspecified atom stereocenters. The van der Waals surface area contributed by atoms with Crippen molar-refractivity contribution in [2.75, 3.05) is 6.54 Å². The van der Waals surface area contributed by atoms with Crippen LogP contribution in [0.2, 0.25) is 0 Å². The number of hydrogen-bond acceptors (Lipinski definition) is 2. The lowest BCUT2D eigenvalue weighted by Crippen LogP contribution is -2.29. The average Bonchev–Trinajstić information content (AvgIpc) is 3.18. The van der Waals surface area contributed by atoms with Crippen LogP contribution in [-0.2, 0) is 12.7 Å². The standard InChI is InChI=1S/C14H17F3N2S/c15-14(16,17)11-3-1-10(2-4-11)9-19(12-5-6-12)8-7-13(18)20/h1-4,12H,5-9H2,(H2,18,20). The van der Waals surface area contributed by atoms with Crippen LogP contribution in [0.25, 0.3) is 0 Å². The molecular formula is C14H17F3N2S. The minimum Gasteiger partial charge on any atom is -0.393 e. The second kappa shape index (κ2) is 6.10. The zero-order chi connectivity index (χ0) is 14.8. The number of benzene rings is 1. The van der Waals surface area contributed by atoms with Crippen molar-refractivity contribution in [3.8, 4) is 0 Å². The summed E-state index contributed by atoms with van der Waals surface area (Å²) >= 11 is 4.87. The molecular weight excluding hydrogens is 285 g/mol. The maximum absolute atomic E-state index is 12.5. The first kappa shape index (κ1) is 15.3. The highest BCUT2D eigenvalue weighted by Gasteiger charge is 2.31. The van der Waals surface area contributed by atoms with Gasteiger partial charge in [-0.1, -0.05) is 24.4 Å². The number of alkyl halides is 3. The molecule has 6 heteroatoms. The molecule has 0 saturated heterocycles. The first-order valence-corrected chi connectivity index (χ1v) is 6.95. The van der Waals surface area contributed by atoms with Crippen LogP contribution in [0, 0.1) is 0 Å². The third-order valence-corrected chi connectivity index (χ3v) is 3.58. The predicted molar refractivity (Wildman–Crippen MR) is 76.3 cm³/mol. The van der Waals surface area contributed by atoms with E-state index in [2.05, 4.69) is 4.90 Å². The van der Waals surface area contributed by atoms with Crippen molar-refractivity contribution in [2.24, 2.45) is 5.73 Å². The van der Waals surface area contributed by atoms with Crippen molar-refractivity contribution in [1.29, 1.82) is 0 Å². The summed E-state index contributed by atoms with van der Waals surface area (Å²) in [5, 5.41) is 0. The monoisotopic (exact) mass is 302 g/mol. The Morgan fingerprint density at radius 2 is 1.85 bits per heavy atom. The molecule has 0 radical (unpaired) electrons. The van der Waals surface area contributed by atoms with Gasteiger partial charge in [0.2, 0.25) is 0 Å². The molecule has 2 rings (SSSR count). The van der Waals surface area contributed by atoms with Crippen LogP contribution in [0.15, 0.2) is 24.3 Å². The van der Waals surface area contributed by atoms with Gasteiger partial charge < -0.3 is 5.73 Å². The Labute approximate surface area is 121 Å². The Morgan fingerprint density at radius 3 is 2.30 bits per heavy atom. The number of halogens is 3. The van der Waals surface area contributed by atoms with Crippen LogP contribution in [0.3, 0.4) is 0 Å². The fraction of sp³-hybridized carbons (Fsp3) is 0.500. The number of hydrogen-bond donors (Lipinski definition) is 1. The summed E-state index contributed by atoms with van der Waals surface area (Å²) in [4.78, 5) is 2.71. The maximum atomic E-state index is 12.5. The van der Waals surface area contributed by atoms with E-state index in [4.69, 9.17) is 18.0 Å². The smallest absolute Gasteiger partial charge is 0.393 e. The van der Waals surface area contributed by atoms with Crippen molar-refractivity contribution in [2.45, 2.75) is 38.0 Å². The summed E-state index contributed by atoms with van der Waals surface area (Å²) in [6.45, 7) is 1.41. The van der Waals surface area contributed by atoms with Crippen molar-refractivity contribution in [3.63, 3.8) is 0 Å². The lowest BCUT2D eigenvalue weighted by Gasteiger charge is -2.22. The number of nitrogens with zero attached hydrogens (tertiary/aromatic N) is 1. The Kier molecular flexibility index (Phi) is 4.65. The van der Waals surface area contributed by atoms with Crippen molar-refractivity contribution < 1.29 is 13.2 Å². The highest BCUT2D eigenvalue weighted by Crippen LogP contribution is 2.31. The van der Waals surface area contributed by atoms with E-state index < -0.39 is 11.7 Å². The van der Waals surface area contributed by atoms with Gasteiger partial charge in [0.05, 0.1) is 10.6 Å². The molecule has 0 heterocycles. The molecule has 1 saturated carbocycles. The van der Waals surface area contributed by atoms with E-state index in [-0.39, 0.29) is 0 Å². The summed E-state index contributed by atoms with van der Waals surface area (Å²) < 4.78 is 37.5. The Bertz CT molecular complexity index is 466. The fourth-order valence-electron chi connectivity index (χ4n) is 2.12. The van der Waals surface area contributed by atoms with Gasteiger partial charge in [-0.2, -0.15) is 13.2 Å². The normalized spacial score (nSPS) is 15.6. The van der Waals surface area contributed by atoms with Crippen molar-refractivity contribution >= 4 is 17.2 Å². The molecule has 20 heavy (non-hydrogen) atoms. The van der Waals surface area contributed by atoms with E-state index in [1.165, 1.54) is 0 Å². The largest absolute Gasteiger partial charge is 0.416 e. The Morgan fingerprint density at radius 1 is 1.25 bits per heavy atom. The molecule has 0 aromatic heterocycles. The van der Waals surface area contributed by atoms with Crippen molar-refractivity contribution in [1.82, 2.24) is 4.90 Å². The highest BCUT2D eigenvalue weighted by atomic mass is 32.1. The van der Waals surface area contributed by atoms with Crippen LogP contribution in [0.1, 0.15) is 30.4 Å². The summed E-state index contributed by atoms with van der Waals surface area (Å²) in [7, 11) is 0. The second-order valence-electron chi connectivity index (χ2n) is 5.11. The first-order valence-electron chi connectivity index (χ1n) is 6.55. The summed E-state index contributed by atoms with van der Waals surface area (Å²) in [5.41, 5.74) is 5.78. The molecule has 0 amide bonds. The molecule has 0 spiro atoms. The third kappa shape index (κ3) is 4.45. The molecule has 0 atom stereocenters. The van der Waals surface area contributed by atoms with Gasteiger partial charge in [0.25, 0.3) is 0 Å². The Hall–Kier alpha value is -1.14. The minimum atomic E-state index is -4.28.